The Kier molecular flexibility index (Phi) is 4.31. The molecule has 0 spiro atoms. The second-order valence-electron chi connectivity index (χ2n) is 6.48. The first kappa shape index (κ1) is 13.9. The van der Waals surface area contributed by atoms with Gasteiger partial charge in [0, 0.05) is 6.54 Å². The Hall–Kier alpha value is -0.570. The van der Waals surface area contributed by atoms with Crippen molar-refractivity contribution < 1.29 is 4.79 Å². The van der Waals surface area contributed by atoms with Crippen LogP contribution in [0, 0.1) is 17.8 Å². The lowest BCUT2D eigenvalue weighted by atomic mass is 9.97. The van der Waals surface area contributed by atoms with Gasteiger partial charge in [0.15, 0.2) is 0 Å². The first-order valence-electron chi connectivity index (χ1n) is 7.61. The normalized spacial score (nSPS) is 36.9. The lowest BCUT2D eigenvalue weighted by Gasteiger charge is -2.30. The molecule has 1 heterocycles. The zero-order valence-corrected chi connectivity index (χ0v) is 12.3. The first-order chi connectivity index (χ1) is 8.54. The van der Waals surface area contributed by atoms with Gasteiger partial charge in [-0.2, -0.15) is 0 Å². The molecule has 0 aromatic carbocycles. The molecule has 3 nitrogen and oxygen atoms in total. The predicted molar refractivity (Wildman–Crippen MR) is 74.1 cm³/mol. The van der Waals surface area contributed by atoms with Crippen LogP contribution in [-0.2, 0) is 4.79 Å². The molecule has 1 saturated heterocycles. The number of hydrogen-bond donors (Lipinski definition) is 1. The fourth-order valence-electron chi connectivity index (χ4n) is 3.50. The summed E-state index contributed by atoms with van der Waals surface area (Å²) in [6.45, 7) is 9.80. The SMILES string of the molecule is CCC1NC(C(C)C)N(CC2CCCC2C)C1=O. The van der Waals surface area contributed by atoms with Gasteiger partial charge in [0.05, 0.1) is 12.2 Å². The maximum absolute atomic E-state index is 12.4. The molecular formula is C15H28N2O. The molecular weight excluding hydrogens is 224 g/mol. The zero-order valence-electron chi connectivity index (χ0n) is 12.3. The van der Waals surface area contributed by atoms with Crippen LogP contribution in [0.15, 0.2) is 0 Å². The van der Waals surface area contributed by atoms with Gasteiger partial charge in [-0.3, -0.25) is 10.1 Å². The van der Waals surface area contributed by atoms with E-state index < -0.39 is 0 Å². The summed E-state index contributed by atoms with van der Waals surface area (Å²) in [4.78, 5) is 14.5. The van der Waals surface area contributed by atoms with Crippen LogP contribution < -0.4 is 5.32 Å². The van der Waals surface area contributed by atoms with E-state index >= 15 is 0 Å². The minimum atomic E-state index is 0.0501. The first-order valence-corrected chi connectivity index (χ1v) is 7.61. The van der Waals surface area contributed by atoms with Crippen LogP contribution in [-0.4, -0.2) is 29.6 Å². The number of carbonyl (C=O) groups excluding carboxylic acids is 1. The number of carbonyl (C=O) groups is 1. The highest BCUT2D eigenvalue weighted by molar-refractivity contribution is 5.84. The Morgan fingerprint density at radius 1 is 1.39 bits per heavy atom. The van der Waals surface area contributed by atoms with Gasteiger partial charge in [0.2, 0.25) is 5.91 Å². The third kappa shape index (κ3) is 2.56. The Balaban J connectivity index is 2.05. The molecule has 3 heteroatoms. The van der Waals surface area contributed by atoms with Gasteiger partial charge >= 0.3 is 0 Å². The third-order valence-electron chi connectivity index (χ3n) is 4.80. The molecule has 4 unspecified atom stereocenters. The second-order valence-corrected chi connectivity index (χ2v) is 6.48. The third-order valence-corrected chi connectivity index (χ3v) is 4.80. The fourth-order valence-corrected chi connectivity index (χ4v) is 3.50. The van der Waals surface area contributed by atoms with Crippen LogP contribution in [0.1, 0.15) is 53.4 Å². The zero-order chi connectivity index (χ0) is 13.3. The van der Waals surface area contributed by atoms with E-state index in [4.69, 9.17) is 0 Å². The van der Waals surface area contributed by atoms with Crippen molar-refractivity contribution in [3.63, 3.8) is 0 Å². The highest BCUT2D eigenvalue weighted by Gasteiger charge is 2.41. The molecule has 1 saturated carbocycles. The maximum Gasteiger partial charge on any atom is 0.241 e. The molecule has 1 amide bonds. The van der Waals surface area contributed by atoms with Crippen molar-refractivity contribution in [1.82, 2.24) is 10.2 Å². The number of hydrogen-bond acceptors (Lipinski definition) is 2. The summed E-state index contributed by atoms with van der Waals surface area (Å²) in [6, 6.07) is 0.0501. The number of rotatable bonds is 4. The van der Waals surface area contributed by atoms with E-state index in [0.717, 1.165) is 18.9 Å². The summed E-state index contributed by atoms with van der Waals surface area (Å²) >= 11 is 0. The van der Waals surface area contributed by atoms with Gasteiger partial charge in [-0.15, -0.1) is 0 Å². The lowest BCUT2D eigenvalue weighted by molar-refractivity contribution is -0.131. The molecule has 0 aromatic heterocycles. The van der Waals surface area contributed by atoms with Gasteiger partial charge < -0.3 is 4.90 Å². The number of amides is 1. The molecule has 1 N–H and O–H groups in total. The van der Waals surface area contributed by atoms with E-state index in [1.54, 1.807) is 0 Å². The molecule has 1 aliphatic carbocycles. The van der Waals surface area contributed by atoms with Gasteiger partial charge in [-0.05, 0) is 30.6 Å². The van der Waals surface area contributed by atoms with Crippen molar-refractivity contribution in [3.8, 4) is 0 Å². The van der Waals surface area contributed by atoms with E-state index in [2.05, 4.69) is 37.9 Å². The summed E-state index contributed by atoms with van der Waals surface area (Å²) in [5.41, 5.74) is 0. The van der Waals surface area contributed by atoms with Crippen LogP contribution in [0.5, 0.6) is 0 Å². The van der Waals surface area contributed by atoms with Gasteiger partial charge in [0.25, 0.3) is 0 Å². The Bertz CT molecular complexity index is 303. The maximum atomic E-state index is 12.4. The van der Waals surface area contributed by atoms with E-state index in [1.165, 1.54) is 19.3 Å². The standard InChI is InChI=1S/C15H28N2O/c1-5-13-15(18)17(14(16-13)10(2)3)9-12-8-6-7-11(12)4/h10-14,16H,5-9H2,1-4H3. The molecule has 0 aromatic rings. The summed E-state index contributed by atoms with van der Waals surface area (Å²) < 4.78 is 0. The fraction of sp³-hybridized carbons (Fsp3) is 0.933. The number of nitrogens with zero attached hydrogens (tertiary/aromatic N) is 1. The topological polar surface area (TPSA) is 32.3 Å². The molecule has 104 valence electrons. The molecule has 2 aliphatic rings. The van der Waals surface area contributed by atoms with Crippen LogP contribution >= 0.6 is 0 Å². The molecule has 18 heavy (non-hydrogen) atoms. The number of nitrogens with one attached hydrogen (secondary N) is 1. The van der Waals surface area contributed by atoms with E-state index in [-0.39, 0.29) is 12.2 Å². The molecule has 0 bridgehead atoms. The van der Waals surface area contributed by atoms with Crippen molar-refractivity contribution in [3.05, 3.63) is 0 Å². The smallest absolute Gasteiger partial charge is 0.241 e. The Morgan fingerprint density at radius 3 is 2.61 bits per heavy atom. The summed E-state index contributed by atoms with van der Waals surface area (Å²) in [7, 11) is 0. The van der Waals surface area contributed by atoms with Crippen LogP contribution in [0.2, 0.25) is 0 Å². The summed E-state index contributed by atoms with van der Waals surface area (Å²) in [6.07, 6.45) is 5.12. The van der Waals surface area contributed by atoms with E-state index in [0.29, 0.717) is 17.7 Å². The molecule has 0 radical (unpaired) electrons. The van der Waals surface area contributed by atoms with Gasteiger partial charge in [-0.25, -0.2) is 0 Å². The quantitative estimate of drug-likeness (QED) is 0.834. The molecule has 1 aliphatic heterocycles. The predicted octanol–water partition coefficient (Wildman–Crippen LogP) is 2.62. The van der Waals surface area contributed by atoms with Crippen LogP contribution in [0.3, 0.4) is 0 Å². The Labute approximate surface area is 111 Å². The van der Waals surface area contributed by atoms with Crippen molar-refractivity contribution in [2.75, 3.05) is 6.54 Å². The second kappa shape index (κ2) is 5.60. The minimum Gasteiger partial charge on any atom is -0.325 e. The average molecular weight is 252 g/mol. The monoisotopic (exact) mass is 252 g/mol. The van der Waals surface area contributed by atoms with E-state index in [9.17, 15) is 4.79 Å². The van der Waals surface area contributed by atoms with Crippen molar-refractivity contribution in [1.29, 1.82) is 0 Å². The lowest BCUT2D eigenvalue weighted by Crippen LogP contribution is -2.44. The molecule has 2 fully saturated rings. The molecule has 2 rings (SSSR count). The highest BCUT2D eigenvalue weighted by atomic mass is 16.2. The van der Waals surface area contributed by atoms with Crippen LogP contribution in [0.4, 0.5) is 0 Å². The van der Waals surface area contributed by atoms with E-state index in [1.807, 2.05) is 0 Å². The van der Waals surface area contributed by atoms with Crippen molar-refractivity contribution in [2.45, 2.75) is 65.6 Å². The summed E-state index contributed by atoms with van der Waals surface area (Å²) in [5.74, 6) is 2.32. The van der Waals surface area contributed by atoms with Crippen molar-refractivity contribution in [2.24, 2.45) is 17.8 Å². The largest absolute Gasteiger partial charge is 0.325 e. The van der Waals surface area contributed by atoms with Crippen molar-refractivity contribution >= 4 is 5.91 Å². The van der Waals surface area contributed by atoms with Gasteiger partial charge in [0.1, 0.15) is 0 Å². The minimum absolute atomic E-state index is 0.0501. The summed E-state index contributed by atoms with van der Waals surface area (Å²) in [5, 5.41) is 3.51. The highest BCUT2D eigenvalue weighted by Crippen LogP contribution is 2.33. The molecule has 4 atom stereocenters. The Morgan fingerprint density at radius 2 is 2.11 bits per heavy atom. The van der Waals surface area contributed by atoms with Crippen LogP contribution in [0.25, 0.3) is 0 Å². The van der Waals surface area contributed by atoms with Gasteiger partial charge in [-0.1, -0.05) is 40.5 Å². The average Bonchev–Trinajstić information content (AvgIpc) is 2.86.